The molecule has 142 valence electrons. The van der Waals surface area contributed by atoms with Crippen LogP contribution in [-0.4, -0.2) is 32.4 Å². The van der Waals surface area contributed by atoms with Crippen LogP contribution in [0.25, 0.3) is 0 Å². The van der Waals surface area contributed by atoms with E-state index in [0.29, 0.717) is 22.8 Å². The predicted molar refractivity (Wildman–Crippen MR) is 99.0 cm³/mol. The average Bonchev–Trinajstić information content (AvgIpc) is 2.63. The molecule has 0 saturated carbocycles. The molecule has 0 bridgehead atoms. The Morgan fingerprint density at radius 1 is 1.08 bits per heavy atom. The van der Waals surface area contributed by atoms with Crippen LogP contribution in [0.1, 0.15) is 58.4 Å². The maximum atomic E-state index is 12.4. The van der Waals surface area contributed by atoms with Crippen molar-refractivity contribution in [2.75, 3.05) is 21.3 Å². The standard InChI is InChI=1S/C20H32O5/c1-7-9-10-11-14(8-2)20(3,19(21)22)17-15(23-4)12-13-16(24-5)18(17)25-6/h12-14H,7-11H2,1-6H3,(H,21,22). The molecule has 0 aliphatic rings. The zero-order chi connectivity index (χ0) is 19.0. The predicted octanol–water partition coefficient (Wildman–Crippen LogP) is 4.66. The Labute approximate surface area is 151 Å². The fourth-order valence-electron chi connectivity index (χ4n) is 3.60. The maximum absolute atomic E-state index is 12.4. The first-order valence-electron chi connectivity index (χ1n) is 8.94. The van der Waals surface area contributed by atoms with Crippen LogP contribution in [0.4, 0.5) is 0 Å². The minimum atomic E-state index is -1.13. The van der Waals surface area contributed by atoms with Crippen LogP contribution in [-0.2, 0) is 10.2 Å². The van der Waals surface area contributed by atoms with E-state index in [9.17, 15) is 9.90 Å². The maximum Gasteiger partial charge on any atom is 0.314 e. The van der Waals surface area contributed by atoms with Crippen molar-refractivity contribution in [2.24, 2.45) is 5.92 Å². The molecule has 0 fully saturated rings. The fraction of sp³-hybridized carbons (Fsp3) is 0.650. The lowest BCUT2D eigenvalue weighted by atomic mass is 9.68. The molecule has 0 radical (unpaired) electrons. The molecule has 1 aromatic rings. The molecule has 5 heteroatoms. The Hall–Kier alpha value is -1.91. The lowest BCUT2D eigenvalue weighted by molar-refractivity contribution is -0.146. The number of carbonyl (C=O) groups is 1. The number of unbranched alkanes of at least 4 members (excludes halogenated alkanes) is 2. The topological polar surface area (TPSA) is 65.0 Å². The first-order valence-corrected chi connectivity index (χ1v) is 8.94. The monoisotopic (exact) mass is 352 g/mol. The summed E-state index contributed by atoms with van der Waals surface area (Å²) < 4.78 is 16.5. The van der Waals surface area contributed by atoms with Gasteiger partial charge in [0, 0.05) is 0 Å². The highest BCUT2D eigenvalue weighted by Gasteiger charge is 2.46. The molecule has 25 heavy (non-hydrogen) atoms. The molecular weight excluding hydrogens is 320 g/mol. The highest BCUT2D eigenvalue weighted by atomic mass is 16.5. The first kappa shape index (κ1) is 21.1. The van der Waals surface area contributed by atoms with Crippen molar-refractivity contribution in [1.29, 1.82) is 0 Å². The second kappa shape index (κ2) is 9.54. The van der Waals surface area contributed by atoms with Gasteiger partial charge < -0.3 is 19.3 Å². The summed E-state index contributed by atoms with van der Waals surface area (Å²) in [4.78, 5) is 12.4. The summed E-state index contributed by atoms with van der Waals surface area (Å²) >= 11 is 0. The van der Waals surface area contributed by atoms with E-state index in [2.05, 4.69) is 6.92 Å². The van der Waals surface area contributed by atoms with Gasteiger partial charge in [-0.2, -0.15) is 0 Å². The van der Waals surface area contributed by atoms with E-state index < -0.39 is 11.4 Å². The summed E-state index contributed by atoms with van der Waals surface area (Å²) in [5.41, 5.74) is -0.582. The number of carboxylic acid groups (broad SMARTS) is 1. The molecule has 5 nitrogen and oxygen atoms in total. The van der Waals surface area contributed by atoms with Gasteiger partial charge in [0.15, 0.2) is 11.5 Å². The molecule has 0 heterocycles. The van der Waals surface area contributed by atoms with Gasteiger partial charge in [-0.15, -0.1) is 0 Å². The average molecular weight is 352 g/mol. The van der Waals surface area contributed by atoms with Crippen molar-refractivity contribution < 1.29 is 24.1 Å². The molecule has 0 saturated heterocycles. The van der Waals surface area contributed by atoms with E-state index in [1.165, 1.54) is 7.11 Å². The van der Waals surface area contributed by atoms with Crippen LogP contribution in [0.5, 0.6) is 17.2 Å². The minimum absolute atomic E-state index is 0.0357. The zero-order valence-corrected chi connectivity index (χ0v) is 16.3. The summed E-state index contributed by atoms with van der Waals surface area (Å²) in [6, 6.07) is 3.48. The van der Waals surface area contributed by atoms with Crippen LogP contribution < -0.4 is 14.2 Å². The van der Waals surface area contributed by atoms with Gasteiger partial charge in [-0.1, -0.05) is 39.5 Å². The molecular formula is C20H32O5. The molecule has 1 N–H and O–H groups in total. The minimum Gasteiger partial charge on any atom is -0.496 e. The Morgan fingerprint density at radius 3 is 2.12 bits per heavy atom. The number of methoxy groups -OCH3 is 3. The third-order valence-electron chi connectivity index (χ3n) is 5.16. The molecule has 1 aromatic carbocycles. The Balaban J connectivity index is 3.58. The van der Waals surface area contributed by atoms with Gasteiger partial charge in [0.1, 0.15) is 11.2 Å². The smallest absolute Gasteiger partial charge is 0.314 e. The van der Waals surface area contributed by atoms with Gasteiger partial charge in [0.25, 0.3) is 0 Å². The molecule has 0 aliphatic carbocycles. The molecule has 2 unspecified atom stereocenters. The van der Waals surface area contributed by atoms with Crippen molar-refractivity contribution >= 4 is 5.97 Å². The second-order valence-electron chi connectivity index (χ2n) is 6.49. The molecule has 2 atom stereocenters. The Morgan fingerprint density at radius 2 is 1.68 bits per heavy atom. The van der Waals surface area contributed by atoms with E-state index in [1.807, 2.05) is 6.92 Å². The van der Waals surface area contributed by atoms with Crippen LogP contribution in [0.15, 0.2) is 12.1 Å². The van der Waals surface area contributed by atoms with Crippen molar-refractivity contribution in [2.45, 2.75) is 58.3 Å². The number of hydrogen-bond acceptors (Lipinski definition) is 4. The molecule has 0 aromatic heterocycles. The van der Waals surface area contributed by atoms with Gasteiger partial charge in [-0.3, -0.25) is 4.79 Å². The van der Waals surface area contributed by atoms with Crippen LogP contribution >= 0.6 is 0 Å². The summed E-state index contributed by atoms with van der Waals surface area (Å²) in [5, 5.41) is 10.2. The lowest BCUT2D eigenvalue weighted by Crippen LogP contribution is -2.41. The van der Waals surface area contributed by atoms with E-state index in [4.69, 9.17) is 14.2 Å². The van der Waals surface area contributed by atoms with Gasteiger partial charge in [0.2, 0.25) is 0 Å². The van der Waals surface area contributed by atoms with Gasteiger partial charge in [-0.25, -0.2) is 0 Å². The zero-order valence-electron chi connectivity index (χ0n) is 16.3. The van der Waals surface area contributed by atoms with E-state index in [-0.39, 0.29) is 5.92 Å². The quantitative estimate of drug-likeness (QED) is 0.587. The van der Waals surface area contributed by atoms with E-state index in [0.717, 1.165) is 32.1 Å². The van der Waals surface area contributed by atoms with Gasteiger partial charge in [-0.05, 0) is 31.4 Å². The summed E-state index contributed by atoms with van der Waals surface area (Å²) in [5.74, 6) is 0.540. The van der Waals surface area contributed by atoms with Crippen molar-refractivity contribution in [3.05, 3.63) is 17.7 Å². The molecule has 0 aliphatic heterocycles. The summed E-state index contributed by atoms with van der Waals surface area (Å²) in [6.07, 6.45) is 4.81. The Bertz CT molecular complexity index is 569. The van der Waals surface area contributed by atoms with Crippen molar-refractivity contribution in [3.63, 3.8) is 0 Å². The van der Waals surface area contributed by atoms with Crippen LogP contribution in [0, 0.1) is 5.92 Å². The normalized spacial score (nSPS) is 14.5. The third kappa shape index (κ3) is 4.20. The number of carboxylic acids is 1. The Kier molecular flexibility index (Phi) is 8.07. The summed E-state index contributed by atoms with van der Waals surface area (Å²) in [7, 11) is 4.62. The SMILES string of the molecule is CCCCCC(CC)C(C)(C(=O)O)c1c(OC)ccc(OC)c1OC. The van der Waals surface area contributed by atoms with Crippen LogP contribution in [0.2, 0.25) is 0 Å². The molecule has 1 rings (SSSR count). The second-order valence-corrected chi connectivity index (χ2v) is 6.49. The number of benzene rings is 1. The number of ether oxygens (including phenoxy) is 3. The number of rotatable bonds is 11. The lowest BCUT2D eigenvalue weighted by Gasteiger charge is -2.36. The van der Waals surface area contributed by atoms with Gasteiger partial charge in [0.05, 0.1) is 26.9 Å². The number of aliphatic carboxylic acids is 1. The first-order chi connectivity index (χ1) is 11.9. The number of hydrogen-bond donors (Lipinski definition) is 1. The van der Waals surface area contributed by atoms with Gasteiger partial charge >= 0.3 is 5.97 Å². The highest BCUT2D eigenvalue weighted by molar-refractivity contribution is 5.84. The fourth-order valence-corrected chi connectivity index (χ4v) is 3.60. The van der Waals surface area contributed by atoms with Crippen molar-refractivity contribution in [3.8, 4) is 17.2 Å². The molecule has 0 amide bonds. The highest BCUT2D eigenvalue weighted by Crippen LogP contribution is 2.49. The summed E-state index contributed by atoms with van der Waals surface area (Å²) in [6.45, 7) is 5.96. The van der Waals surface area contributed by atoms with Crippen LogP contribution in [0.3, 0.4) is 0 Å². The third-order valence-corrected chi connectivity index (χ3v) is 5.16. The van der Waals surface area contributed by atoms with E-state index >= 15 is 0 Å². The largest absolute Gasteiger partial charge is 0.496 e. The molecule has 0 spiro atoms. The van der Waals surface area contributed by atoms with E-state index in [1.54, 1.807) is 33.3 Å². The van der Waals surface area contributed by atoms with Crippen molar-refractivity contribution in [1.82, 2.24) is 0 Å².